The number of carbonyl (C=O) groups excluding carboxylic acids is 1. The highest BCUT2D eigenvalue weighted by atomic mass is 16.1. The number of aromatic amines is 1. The summed E-state index contributed by atoms with van der Waals surface area (Å²) in [6, 6.07) is 7.75. The first-order chi connectivity index (χ1) is 8.89. The third kappa shape index (κ3) is 2.76. The minimum Gasteiger partial charge on any atom is -0.383 e. The molecule has 100 valence electrons. The third-order valence-electron chi connectivity index (χ3n) is 2.90. The molecule has 0 fully saturated rings. The summed E-state index contributed by atoms with van der Waals surface area (Å²) in [4.78, 5) is 12.1. The van der Waals surface area contributed by atoms with E-state index in [4.69, 9.17) is 5.73 Å². The molecule has 2 rings (SSSR count). The van der Waals surface area contributed by atoms with Gasteiger partial charge in [-0.1, -0.05) is 39.0 Å². The smallest absolute Gasteiger partial charge is 0.261 e. The lowest BCUT2D eigenvalue weighted by Crippen LogP contribution is -2.19. The van der Waals surface area contributed by atoms with E-state index in [9.17, 15) is 4.79 Å². The Morgan fingerprint density at radius 3 is 2.58 bits per heavy atom. The first-order valence-corrected chi connectivity index (χ1v) is 6.09. The Labute approximate surface area is 112 Å². The first-order valence-electron chi connectivity index (χ1n) is 6.09. The van der Waals surface area contributed by atoms with Crippen LogP contribution >= 0.6 is 0 Å². The number of nitrogens with one attached hydrogen (secondary N) is 2. The molecule has 0 saturated carbocycles. The Balaban J connectivity index is 2.30. The van der Waals surface area contributed by atoms with Gasteiger partial charge >= 0.3 is 0 Å². The van der Waals surface area contributed by atoms with Gasteiger partial charge in [0.1, 0.15) is 11.4 Å². The summed E-state index contributed by atoms with van der Waals surface area (Å²) >= 11 is 0. The number of hydrogen-bond acceptors (Lipinski definition) is 3. The number of anilines is 2. The molecule has 19 heavy (non-hydrogen) atoms. The Kier molecular flexibility index (Phi) is 3.29. The molecular formula is C14H18N4O. The number of H-pyrrole nitrogens is 1. The average molecular weight is 258 g/mol. The van der Waals surface area contributed by atoms with E-state index in [2.05, 4.69) is 36.3 Å². The molecule has 0 atom stereocenters. The molecule has 0 saturated heterocycles. The minimum absolute atomic E-state index is 0.0498. The molecule has 0 aliphatic heterocycles. The zero-order valence-electron chi connectivity index (χ0n) is 11.3. The fourth-order valence-electron chi connectivity index (χ4n) is 1.91. The normalized spacial score (nSPS) is 11.3. The molecule has 0 aliphatic rings. The van der Waals surface area contributed by atoms with Crippen molar-refractivity contribution in [1.29, 1.82) is 0 Å². The van der Waals surface area contributed by atoms with Crippen LogP contribution in [0.2, 0.25) is 0 Å². The Morgan fingerprint density at radius 2 is 2.00 bits per heavy atom. The second kappa shape index (κ2) is 4.76. The van der Waals surface area contributed by atoms with E-state index in [1.165, 1.54) is 6.20 Å². The number of nitrogens with zero attached hydrogens (tertiary/aromatic N) is 1. The predicted octanol–water partition coefficient (Wildman–Crippen LogP) is 2.54. The lowest BCUT2D eigenvalue weighted by Gasteiger charge is -2.22. The van der Waals surface area contributed by atoms with Gasteiger partial charge in [-0.15, -0.1) is 0 Å². The van der Waals surface area contributed by atoms with Crippen molar-refractivity contribution >= 4 is 17.4 Å². The number of nitrogen functional groups attached to an aromatic ring is 1. The SMILES string of the molecule is CC(C)(C)c1ccccc1NC(=O)c1cn[nH]c1N. The van der Waals surface area contributed by atoms with E-state index in [0.29, 0.717) is 5.56 Å². The van der Waals surface area contributed by atoms with Crippen molar-refractivity contribution in [1.82, 2.24) is 10.2 Å². The minimum atomic E-state index is -0.261. The largest absolute Gasteiger partial charge is 0.383 e. The molecule has 5 heteroatoms. The number of benzene rings is 1. The van der Waals surface area contributed by atoms with Gasteiger partial charge in [-0.3, -0.25) is 9.89 Å². The van der Waals surface area contributed by atoms with Crippen LogP contribution in [0.15, 0.2) is 30.5 Å². The number of rotatable bonds is 2. The maximum atomic E-state index is 12.1. The van der Waals surface area contributed by atoms with Gasteiger partial charge in [-0.2, -0.15) is 5.10 Å². The van der Waals surface area contributed by atoms with Crippen LogP contribution in [0.25, 0.3) is 0 Å². The molecule has 1 aromatic heterocycles. The van der Waals surface area contributed by atoms with E-state index in [1.54, 1.807) is 0 Å². The second-order valence-electron chi connectivity index (χ2n) is 5.45. The van der Waals surface area contributed by atoms with E-state index in [-0.39, 0.29) is 17.1 Å². The maximum absolute atomic E-state index is 12.1. The second-order valence-corrected chi connectivity index (χ2v) is 5.45. The molecule has 0 bridgehead atoms. The number of carbonyl (C=O) groups is 1. The topological polar surface area (TPSA) is 83.8 Å². The first kappa shape index (κ1) is 13.1. The van der Waals surface area contributed by atoms with Gasteiger partial charge in [0.05, 0.1) is 6.20 Å². The molecule has 1 aromatic carbocycles. The number of para-hydroxylation sites is 1. The van der Waals surface area contributed by atoms with Gasteiger partial charge in [0.25, 0.3) is 5.91 Å². The van der Waals surface area contributed by atoms with Crippen LogP contribution < -0.4 is 11.1 Å². The van der Waals surface area contributed by atoms with Crippen LogP contribution in [0.5, 0.6) is 0 Å². The van der Waals surface area contributed by atoms with Gasteiger partial charge in [0.15, 0.2) is 0 Å². The Morgan fingerprint density at radius 1 is 1.32 bits per heavy atom. The maximum Gasteiger partial charge on any atom is 0.261 e. The summed E-state index contributed by atoms with van der Waals surface area (Å²) < 4.78 is 0. The van der Waals surface area contributed by atoms with E-state index >= 15 is 0 Å². The number of aromatic nitrogens is 2. The summed E-state index contributed by atoms with van der Waals surface area (Å²) in [6.45, 7) is 6.30. The molecule has 5 nitrogen and oxygen atoms in total. The van der Waals surface area contributed by atoms with E-state index in [0.717, 1.165) is 11.3 Å². The van der Waals surface area contributed by atoms with Crippen LogP contribution in [0.1, 0.15) is 36.7 Å². The van der Waals surface area contributed by atoms with Crippen LogP contribution in [-0.4, -0.2) is 16.1 Å². The van der Waals surface area contributed by atoms with Crippen molar-refractivity contribution in [2.24, 2.45) is 0 Å². The average Bonchev–Trinajstić information content (AvgIpc) is 2.75. The fourth-order valence-corrected chi connectivity index (χ4v) is 1.91. The van der Waals surface area contributed by atoms with Gasteiger partial charge in [-0.05, 0) is 17.0 Å². The van der Waals surface area contributed by atoms with E-state index < -0.39 is 0 Å². The highest BCUT2D eigenvalue weighted by Crippen LogP contribution is 2.29. The zero-order chi connectivity index (χ0) is 14.0. The molecule has 2 aromatic rings. The monoisotopic (exact) mass is 258 g/mol. The van der Waals surface area contributed by atoms with Crippen molar-refractivity contribution in [3.63, 3.8) is 0 Å². The van der Waals surface area contributed by atoms with Crippen LogP contribution in [-0.2, 0) is 5.41 Å². The molecule has 0 unspecified atom stereocenters. The van der Waals surface area contributed by atoms with Gasteiger partial charge in [0, 0.05) is 5.69 Å². The zero-order valence-corrected chi connectivity index (χ0v) is 11.3. The highest BCUT2D eigenvalue weighted by molar-refractivity contribution is 6.07. The van der Waals surface area contributed by atoms with Crippen molar-refractivity contribution in [3.8, 4) is 0 Å². The van der Waals surface area contributed by atoms with E-state index in [1.807, 2.05) is 24.3 Å². The van der Waals surface area contributed by atoms with Crippen LogP contribution in [0.4, 0.5) is 11.5 Å². The van der Waals surface area contributed by atoms with Gasteiger partial charge < -0.3 is 11.1 Å². The summed E-state index contributed by atoms with van der Waals surface area (Å²) in [5.41, 5.74) is 7.81. The lowest BCUT2D eigenvalue weighted by atomic mass is 9.86. The molecule has 0 radical (unpaired) electrons. The highest BCUT2D eigenvalue weighted by Gasteiger charge is 2.19. The van der Waals surface area contributed by atoms with Gasteiger partial charge in [-0.25, -0.2) is 0 Å². The van der Waals surface area contributed by atoms with Crippen molar-refractivity contribution in [2.75, 3.05) is 11.1 Å². The lowest BCUT2D eigenvalue weighted by molar-refractivity contribution is 0.102. The molecule has 0 spiro atoms. The summed E-state index contributed by atoms with van der Waals surface area (Å²) in [7, 11) is 0. The van der Waals surface area contributed by atoms with Crippen molar-refractivity contribution in [3.05, 3.63) is 41.6 Å². The Hall–Kier alpha value is -2.30. The summed E-state index contributed by atoms with van der Waals surface area (Å²) in [6.07, 6.45) is 1.42. The molecule has 4 N–H and O–H groups in total. The quantitative estimate of drug-likeness (QED) is 0.774. The van der Waals surface area contributed by atoms with Crippen LogP contribution in [0, 0.1) is 0 Å². The number of amides is 1. The fraction of sp³-hybridized carbons (Fsp3) is 0.286. The molecule has 0 aliphatic carbocycles. The molecule has 1 amide bonds. The summed E-state index contributed by atoms with van der Waals surface area (Å²) in [5.74, 6) is 0.00805. The van der Waals surface area contributed by atoms with Crippen molar-refractivity contribution < 1.29 is 4.79 Å². The standard InChI is InChI=1S/C14H18N4O/c1-14(2,3)10-6-4-5-7-11(10)17-13(19)9-8-16-18-12(9)15/h4-8H,1-3H3,(H,17,19)(H3,15,16,18). The van der Waals surface area contributed by atoms with Gasteiger partial charge in [0.2, 0.25) is 0 Å². The predicted molar refractivity (Wildman–Crippen MR) is 76.1 cm³/mol. The Bertz CT molecular complexity index is 595. The third-order valence-corrected chi connectivity index (χ3v) is 2.90. The summed E-state index contributed by atoms with van der Waals surface area (Å²) in [5, 5.41) is 9.17. The number of nitrogens with two attached hydrogens (primary N) is 1. The van der Waals surface area contributed by atoms with Crippen molar-refractivity contribution in [2.45, 2.75) is 26.2 Å². The molecular weight excluding hydrogens is 240 g/mol. The molecule has 1 heterocycles. The number of hydrogen-bond donors (Lipinski definition) is 3. The van der Waals surface area contributed by atoms with Crippen LogP contribution in [0.3, 0.4) is 0 Å².